The molecule has 0 radical (unpaired) electrons. The molecular weight excluding hydrogens is 302 g/mol. The van der Waals surface area contributed by atoms with Crippen molar-refractivity contribution in [2.24, 2.45) is 5.10 Å². The maximum absolute atomic E-state index is 11.9. The van der Waals surface area contributed by atoms with Crippen molar-refractivity contribution < 1.29 is 9.53 Å². The summed E-state index contributed by atoms with van der Waals surface area (Å²) in [5.41, 5.74) is 3.98. The molecule has 0 saturated heterocycles. The molecule has 3 aromatic carbocycles. The van der Waals surface area contributed by atoms with Gasteiger partial charge in [-0.05, 0) is 29.0 Å². The molecule has 3 aromatic rings. The Labute approximate surface area is 140 Å². The summed E-state index contributed by atoms with van der Waals surface area (Å²) in [5.74, 6) is 0.697. The minimum Gasteiger partial charge on any atom is -0.496 e. The van der Waals surface area contributed by atoms with Crippen LogP contribution in [0.4, 0.5) is 10.5 Å². The normalized spacial score (nSPS) is 10.7. The molecule has 0 unspecified atom stereocenters. The standard InChI is InChI=1S/C19H17N3O2/c1-24-18-12-11-14-7-5-6-10-16(14)17(18)13-20-22-19(23)21-15-8-3-2-4-9-15/h2-13H,1H3,(H2,21,22,23). The lowest BCUT2D eigenvalue weighted by atomic mass is 10.0. The van der Waals surface area contributed by atoms with Crippen LogP contribution < -0.4 is 15.5 Å². The number of carbonyl (C=O) groups excluding carboxylic acids is 1. The van der Waals surface area contributed by atoms with Crippen LogP contribution in [0, 0.1) is 0 Å². The van der Waals surface area contributed by atoms with Crippen LogP contribution in [0.5, 0.6) is 5.75 Å². The number of methoxy groups -OCH3 is 1. The van der Waals surface area contributed by atoms with Crippen LogP contribution in [-0.2, 0) is 0 Å². The SMILES string of the molecule is COc1ccc2ccccc2c1C=NNC(=O)Nc1ccccc1. The quantitative estimate of drug-likeness (QED) is 0.564. The van der Waals surface area contributed by atoms with E-state index in [0.29, 0.717) is 11.4 Å². The van der Waals surface area contributed by atoms with Crippen molar-refractivity contribution in [1.29, 1.82) is 0 Å². The van der Waals surface area contributed by atoms with Crippen molar-refractivity contribution >= 4 is 28.7 Å². The molecule has 0 aliphatic rings. The van der Waals surface area contributed by atoms with Gasteiger partial charge in [-0.2, -0.15) is 5.10 Å². The molecule has 0 fully saturated rings. The van der Waals surface area contributed by atoms with E-state index >= 15 is 0 Å². The minimum atomic E-state index is -0.406. The van der Waals surface area contributed by atoms with Gasteiger partial charge in [0.15, 0.2) is 0 Å². The van der Waals surface area contributed by atoms with Gasteiger partial charge >= 0.3 is 6.03 Å². The topological polar surface area (TPSA) is 62.7 Å². The zero-order chi connectivity index (χ0) is 16.8. The van der Waals surface area contributed by atoms with Crippen molar-refractivity contribution in [3.8, 4) is 5.75 Å². The molecule has 0 aliphatic heterocycles. The fourth-order valence-electron chi connectivity index (χ4n) is 2.42. The highest BCUT2D eigenvalue weighted by Crippen LogP contribution is 2.26. The summed E-state index contributed by atoms with van der Waals surface area (Å²) in [5, 5.41) is 8.81. The Kier molecular flexibility index (Phi) is 4.72. The number of amides is 2. The third kappa shape index (κ3) is 3.52. The van der Waals surface area contributed by atoms with Gasteiger partial charge in [-0.3, -0.25) is 0 Å². The van der Waals surface area contributed by atoms with E-state index in [-0.39, 0.29) is 0 Å². The summed E-state index contributed by atoms with van der Waals surface area (Å²) in [6.45, 7) is 0. The number of hydrazone groups is 1. The highest BCUT2D eigenvalue weighted by atomic mass is 16.5. The number of rotatable bonds is 4. The lowest BCUT2D eigenvalue weighted by Crippen LogP contribution is -2.24. The second kappa shape index (κ2) is 7.28. The van der Waals surface area contributed by atoms with E-state index in [2.05, 4.69) is 15.8 Å². The minimum absolute atomic E-state index is 0.406. The molecule has 0 aliphatic carbocycles. The zero-order valence-electron chi connectivity index (χ0n) is 13.2. The number of nitrogens with zero attached hydrogens (tertiary/aromatic N) is 1. The number of para-hydroxylation sites is 1. The molecule has 24 heavy (non-hydrogen) atoms. The van der Waals surface area contributed by atoms with Gasteiger partial charge in [0.2, 0.25) is 0 Å². The number of nitrogens with one attached hydrogen (secondary N) is 2. The van der Waals surface area contributed by atoms with Gasteiger partial charge in [-0.15, -0.1) is 0 Å². The van der Waals surface area contributed by atoms with E-state index in [9.17, 15) is 4.79 Å². The maximum Gasteiger partial charge on any atom is 0.339 e. The van der Waals surface area contributed by atoms with E-state index in [4.69, 9.17) is 4.74 Å². The Balaban J connectivity index is 1.77. The molecule has 2 amide bonds. The lowest BCUT2D eigenvalue weighted by molar-refractivity contribution is 0.252. The van der Waals surface area contributed by atoms with E-state index in [1.807, 2.05) is 54.6 Å². The van der Waals surface area contributed by atoms with Gasteiger partial charge in [0.25, 0.3) is 0 Å². The van der Waals surface area contributed by atoms with Gasteiger partial charge in [0.1, 0.15) is 5.75 Å². The highest BCUT2D eigenvalue weighted by Gasteiger charge is 2.06. The van der Waals surface area contributed by atoms with E-state index < -0.39 is 6.03 Å². The average Bonchev–Trinajstić information content (AvgIpc) is 2.62. The van der Waals surface area contributed by atoms with Crippen LogP contribution in [0.25, 0.3) is 10.8 Å². The van der Waals surface area contributed by atoms with Crippen molar-refractivity contribution in [2.75, 3.05) is 12.4 Å². The molecule has 0 bridgehead atoms. The highest BCUT2D eigenvalue weighted by molar-refractivity contribution is 6.02. The number of hydrogen-bond acceptors (Lipinski definition) is 3. The smallest absolute Gasteiger partial charge is 0.339 e. The predicted octanol–water partition coefficient (Wildman–Crippen LogP) is 4.00. The fourth-order valence-corrected chi connectivity index (χ4v) is 2.42. The van der Waals surface area contributed by atoms with Crippen molar-refractivity contribution in [1.82, 2.24) is 5.43 Å². The molecule has 3 rings (SSSR count). The summed E-state index contributed by atoms with van der Waals surface area (Å²) >= 11 is 0. The maximum atomic E-state index is 11.9. The first-order chi connectivity index (χ1) is 11.8. The summed E-state index contributed by atoms with van der Waals surface area (Å²) in [4.78, 5) is 11.9. The van der Waals surface area contributed by atoms with Crippen LogP contribution >= 0.6 is 0 Å². The van der Waals surface area contributed by atoms with Crippen LogP contribution in [0.15, 0.2) is 71.8 Å². The number of ether oxygens (including phenoxy) is 1. The molecular formula is C19H17N3O2. The second-order valence-corrected chi connectivity index (χ2v) is 5.09. The summed E-state index contributed by atoms with van der Waals surface area (Å²) in [7, 11) is 1.61. The number of fused-ring (bicyclic) bond motifs is 1. The van der Waals surface area contributed by atoms with E-state index in [1.165, 1.54) is 0 Å². The number of anilines is 1. The lowest BCUT2D eigenvalue weighted by Gasteiger charge is -2.08. The van der Waals surface area contributed by atoms with E-state index in [0.717, 1.165) is 16.3 Å². The average molecular weight is 319 g/mol. The number of carbonyl (C=O) groups is 1. The molecule has 5 nitrogen and oxygen atoms in total. The molecule has 2 N–H and O–H groups in total. The first kappa shape index (κ1) is 15.6. The predicted molar refractivity (Wildman–Crippen MR) is 96.7 cm³/mol. The summed E-state index contributed by atoms with van der Waals surface area (Å²) in [6.07, 6.45) is 1.59. The summed E-state index contributed by atoms with van der Waals surface area (Å²) < 4.78 is 5.39. The largest absolute Gasteiger partial charge is 0.496 e. The van der Waals surface area contributed by atoms with Crippen molar-refractivity contribution in [2.45, 2.75) is 0 Å². The van der Waals surface area contributed by atoms with Gasteiger partial charge in [-0.1, -0.05) is 48.5 Å². The zero-order valence-corrected chi connectivity index (χ0v) is 13.2. The molecule has 5 heteroatoms. The summed E-state index contributed by atoms with van der Waals surface area (Å²) in [6, 6.07) is 20.6. The van der Waals surface area contributed by atoms with Crippen LogP contribution in [0.1, 0.15) is 5.56 Å². The van der Waals surface area contributed by atoms with Crippen molar-refractivity contribution in [3.63, 3.8) is 0 Å². The fraction of sp³-hybridized carbons (Fsp3) is 0.0526. The Morgan fingerprint density at radius 1 is 1.00 bits per heavy atom. The first-order valence-corrected chi connectivity index (χ1v) is 7.49. The van der Waals surface area contributed by atoms with Crippen LogP contribution in [-0.4, -0.2) is 19.4 Å². The van der Waals surface area contributed by atoms with E-state index in [1.54, 1.807) is 25.5 Å². The Hall–Kier alpha value is -3.34. The first-order valence-electron chi connectivity index (χ1n) is 7.49. The molecule has 0 spiro atoms. The number of urea groups is 1. The van der Waals surface area contributed by atoms with Gasteiger partial charge in [0.05, 0.1) is 13.3 Å². The molecule has 0 aromatic heterocycles. The van der Waals surface area contributed by atoms with Gasteiger partial charge < -0.3 is 10.1 Å². The Morgan fingerprint density at radius 3 is 2.54 bits per heavy atom. The van der Waals surface area contributed by atoms with Crippen molar-refractivity contribution in [3.05, 3.63) is 72.3 Å². The Morgan fingerprint density at radius 2 is 1.75 bits per heavy atom. The Bertz CT molecular complexity index is 876. The monoisotopic (exact) mass is 319 g/mol. The molecule has 0 atom stereocenters. The third-order valence-electron chi connectivity index (χ3n) is 3.54. The molecule has 0 heterocycles. The second-order valence-electron chi connectivity index (χ2n) is 5.09. The molecule has 120 valence electrons. The third-order valence-corrected chi connectivity index (χ3v) is 3.54. The number of hydrogen-bond donors (Lipinski definition) is 2. The van der Waals surface area contributed by atoms with Crippen LogP contribution in [0.2, 0.25) is 0 Å². The number of benzene rings is 3. The molecule has 0 saturated carbocycles. The van der Waals surface area contributed by atoms with Crippen LogP contribution in [0.3, 0.4) is 0 Å². The van der Waals surface area contributed by atoms with Gasteiger partial charge in [-0.25, -0.2) is 10.2 Å². The van der Waals surface area contributed by atoms with Gasteiger partial charge in [0, 0.05) is 11.3 Å².